The van der Waals surface area contributed by atoms with Crippen LogP contribution >= 0.6 is 11.3 Å². The number of anilines is 1. The lowest BCUT2D eigenvalue weighted by Crippen LogP contribution is -2.40. The van der Waals surface area contributed by atoms with E-state index in [0.29, 0.717) is 5.13 Å². The molecule has 0 fully saturated rings. The van der Waals surface area contributed by atoms with Crippen LogP contribution in [0.2, 0.25) is 0 Å². The van der Waals surface area contributed by atoms with Gasteiger partial charge in [-0.15, -0.1) is 10.2 Å². The molecule has 0 bridgehead atoms. The highest BCUT2D eigenvalue weighted by Crippen LogP contribution is 2.26. The summed E-state index contributed by atoms with van der Waals surface area (Å²) < 4.78 is 2.20. The van der Waals surface area contributed by atoms with E-state index in [1.54, 1.807) is 11.3 Å². The van der Waals surface area contributed by atoms with E-state index >= 15 is 0 Å². The summed E-state index contributed by atoms with van der Waals surface area (Å²) in [7, 11) is 0. The lowest BCUT2D eigenvalue weighted by molar-refractivity contribution is -0.694. The fourth-order valence-corrected chi connectivity index (χ4v) is 3.35. The molecule has 0 N–H and O–H groups in total. The second-order valence-corrected chi connectivity index (χ2v) is 7.23. The van der Waals surface area contributed by atoms with Crippen molar-refractivity contribution in [2.24, 2.45) is 10.2 Å². The zero-order valence-corrected chi connectivity index (χ0v) is 16.3. The van der Waals surface area contributed by atoms with Gasteiger partial charge in [-0.05, 0) is 45.0 Å². The number of hydrogen-bond acceptors (Lipinski definition) is 5. The first kappa shape index (κ1) is 18.2. The molecule has 2 heterocycles. The number of pyridine rings is 1. The van der Waals surface area contributed by atoms with Gasteiger partial charge in [0.1, 0.15) is 0 Å². The molecule has 0 atom stereocenters. The molecule has 0 saturated heterocycles. The summed E-state index contributed by atoms with van der Waals surface area (Å²) in [5.74, 6) is 0. The monoisotopic (exact) mass is 366 g/mol. The molecule has 2 aromatic heterocycles. The average molecular weight is 367 g/mol. The van der Waals surface area contributed by atoms with Crippen molar-refractivity contribution in [2.45, 2.75) is 27.3 Å². The number of aromatic nitrogens is 2. The summed E-state index contributed by atoms with van der Waals surface area (Å²) in [6.45, 7) is 9.10. The SMILES string of the molecule is CCN(CC[n+]1ccccc1)c1ccc(/N=N/c2nc(C)c(C)s2)cc1. The fourth-order valence-electron chi connectivity index (χ4n) is 2.62. The van der Waals surface area contributed by atoms with E-state index in [9.17, 15) is 0 Å². The zero-order valence-electron chi connectivity index (χ0n) is 15.5. The van der Waals surface area contributed by atoms with Crippen molar-refractivity contribution in [1.82, 2.24) is 4.98 Å². The number of azo groups is 1. The molecule has 26 heavy (non-hydrogen) atoms. The van der Waals surface area contributed by atoms with Gasteiger partial charge in [0, 0.05) is 29.2 Å². The largest absolute Gasteiger partial charge is 0.365 e. The Morgan fingerprint density at radius 3 is 2.38 bits per heavy atom. The molecule has 6 heteroatoms. The van der Waals surface area contributed by atoms with Crippen molar-refractivity contribution in [3.05, 3.63) is 65.4 Å². The van der Waals surface area contributed by atoms with E-state index in [2.05, 4.69) is 68.3 Å². The second kappa shape index (κ2) is 8.67. The quantitative estimate of drug-likeness (QED) is 0.437. The molecule has 0 radical (unpaired) electrons. The van der Waals surface area contributed by atoms with Gasteiger partial charge in [-0.25, -0.2) is 9.55 Å². The molecule has 0 amide bonds. The highest BCUT2D eigenvalue weighted by molar-refractivity contribution is 7.15. The zero-order chi connectivity index (χ0) is 18.4. The van der Waals surface area contributed by atoms with Crippen LogP contribution in [0.1, 0.15) is 17.5 Å². The number of rotatable bonds is 7. The summed E-state index contributed by atoms with van der Waals surface area (Å²) in [4.78, 5) is 7.93. The highest BCUT2D eigenvalue weighted by Gasteiger charge is 2.07. The van der Waals surface area contributed by atoms with E-state index in [1.165, 1.54) is 10.6 Å². The van der Waals surface area contributed by atoms with Gasteiger partial charge in [0.2, 0.25) is 5.13 Å². The van der Waals surface area contributed by atoms with E-state index in [1.807, 2.05) is 32.0 Å². The van der Waals surface area contributed by atoms with Gasteiger partial charge in [0.15, 0.2) is 18.9 Å². The molecule has 0 aliphatic heterocycles. The third-order valence-corrected chi connectivity index (χ3v) is 5.23. The molecule has 0 aliphatic rings. The molecule has 3 rings (SSSR count). The van der Waals surface area contributed by atoms with Crippen molar-refractivity contribution < 1.29 is 4.57 Å². The van der Waals surface area contributed by atoms with E-state index in [-0.39, 0.29) is 0 Å². The minimum absolute atomic E-state index is 0.708. The number of hydrogen-bond donors (Lipinski definition) is 0. The van der Waals surface area contributed by atoms with Gasteiger partial charge in [-0.3, -0.25) is 0 Å². The molecule has 3 aromatic rings. The molecule has 0 aliphatic carbocycles. The maximum atomic E-state index is 4.39. The van der Waals surface area contributed by atoms with Gasteiger partial charge in [0.05, 0.1) is 17.9 Å². The first-order chi connectivity index (χ1) is 12.7. The first-order valence-corrected chi connectivity index (χ1v) is 9.62. The lowest BCUT2D eigenvalue weighted by Gasteiger charge is -2.21. The number of nitrogens with zero attached hydrogens (tertiary/aromatic N) is 5. The Hall–Kier alpha value is -2.60. The molecule has 0 saturated carbocycles. The predicted octanol–water partition coefficient (Wildman–Crippen LogP) is 4.99. The number of thiazole rings is 1. The van der Waals surface area contributed by atoms with Crippen LogP contribution in [0.5, 0.6) is 0 Å². The molecular weight excluding hydrogens is 342 g/mol. The van der Waals surface area contributed by atoms with Crippen LogP contribution in [-0.4, -0.2) is 18.1 Å². The minimum atomic E-state index is 0.708. The summed E-state index contributed by atoms with van der Waals surface area (Å²) in [6.07, 6.45) is 4.19. The number of likely N-dealkylation sites (N-methyl/N-ethyl adjacent to an activating group) is 1. The Kier molecular flexibility index (Phi) is 6.07. The van der Waals surface area contributed by atoms with Gasteiger partial charge in [0.25, 0.3) is 0 Å². The maximum absolute atomic E-state index is 4.39. The predicted molar refractivity (Wildman–Crippen MR) is 107 cm³/mol. The van der Waals surface area contributed by atoms with Crippen molar-refractivity contribution in [3.63, 3.8) is 0 Å². The standard InChI is InChI=1S/C20H24N5S/c1-4-25(15-14-24-12-6-5-7-13-24)19-10-8-18(9-11-19)22-23-20-21-16(2)17(3)26-20/h5-13H,4,14-15H2,1-3H3/q+1/b23-22+. The van der Waals surface area contributed by atoms with Crippen molar-refractivity contribution in [1.29, 1.82) is 0 Å². The van der Waals surface area contributed by atoms with Gasteiger partial charge < -0.3 is 4.90 Å². The molecule has 0 spiro atoms. The third kappa shape index (κ3) is 4.73. The van der Waals surface area contributed by atoms with Crippen LogP contribution in [0.25, 0.3) is 0 Å². The summed E-state index contributed by atoms with van der Waals surface area (Å²) in [5.41, 5.74) is 3.06. The van der Waals surface area contributed by atoms with Crippen molar-refractivity contribution in [2.75, 3.05) is 18.0 Å². The van der Waals surface area contributed by atoms with Crippen LogP contribution in [-0.2, 0) is 6.54 Å². The van der Waals surface area contributed by atoms with Gasteiger partial charge in [-0.2, -0.15) is 0 Å². The van der Waals surface area contributed by atoms with Crippen LogP contribution < -0.4 is 9.47 Å². The summed E-state index contributed by atoms with van der Waals surface area (Å²) in [6, 6.07) is 14.4. The highest BCUT2D eigenvalue weighted by atomic mass is 32.1. The van der Waals surface area contributed by atoms with Crippen molar-refractivity contribution >= 4 is 27.8 Å². The number of benzene rings is 1. The molecule has 134 valence electrons. The van der Waals surface area contributed by atoms with E-state index in [4.69, 9.17) is 0 Å². The van der Waals surface area contributed by atoms with Gasteiger partial charge >= 0.3 is 0 Å². The Bertz CT molecular complexity index is 836. The third-order valence-electron chi connectivity index (χ3n) is 4.27. The normalized spacial score (nSPS) is 11.2. The smallest absolute Gasteiger partial charge is 0.230 e. The Labute approximate surface area is 158 Å². The van der Waals surface area contributed by atoms with Crippen LogP contribution in [0.15, 0.2) is 65.1 Å². The maximum Gasteiger partial charge on any atom is 0.230 e. The topological polar surface area (TPSA) is 44.7 Å². The molecular formula is C20H24N5S+. The molecule has 0 unspecified atom stereocenters. The van der Waals surface area contributed by atoms with Crippen LogP contribution in [0.3, 0.4) is 0 Å². The molecule has 5 nitrogen and oxygen atoms in total. The second-order valence-electron chi connectivity index (χ2n) is 6.05. The number of aryl methyl sites for hydroxylation is 2. The van der Waals surface area contributed by atoms with Crippen molar-refractivity contribution in [3.8, 4) is 0 Å². The Morgan fingerprint density at radius 1 is 1.04 bits per heavy atom. The van der Waals surface area contributed by atoms with E-state index in [0.717, 1.165) is 31.0 Å². The van der Waals surface area contributed by atoms with E-state index < -0.39 is 0 Å². The van der Waals surface area contributed by atoms with Gasteiger partial charge in [-0.1, -0.05) is 17.4 Å². The lowest BCUT2D eigenvalue weighted by atomic mass is 10.2. The summed E-state index contributed by atoms with van der Waals surface area (Å²) >= 11 is 1.57. The van der Waals surface area contributed by atoms with Crippen LogP contribution in [0, 0.1) is 13.8 Å². The summed E-state index contributed by atoms with van der Waals surface area (Å²) in [5, 5.41) is 9.25. The minimum Gasteiger partial charge on any atom is -0.365 e. The molecule has 1 aromatic carbocycles. The average Bonchev–Trinajstić information content (AvgIpc) is 3.00. The Balaban J connectivity index is 1.63. The van der Waals surface area contributed by atoms with Crippen LogP contribution in [0.4, 0.5) is 16.5 Å². The first-order valence-electron chi connectivity index (χ1n) is 8.80. The Morgan fingerprint density at radius 2 is 1.77 bits per heavy atom. The fraction of sp³-hybridized carbons (Fsp3) is 0.300.